The van der Waals surface area contributed by atoms with Crippen LogP contribution in [0.4, 0.5) is 0 Å². The SMILES string of the molecule is CC(CC(=O)N(C)CCc1ccccc1)C(C)(C)C. The average Bonchev–Trinajstić information content (AvgIpc) is 2.35. The highest BCUT2D eigenvalue weighted by Gasteiger charge is 2.23. The van der Waals surface area contributed by atoms with E-state index in [1.165, 1.54) is 5.56 Å². The van der Waals surface area contributed by atoms with Gasteiger partial charge in [0.2, 0.25) is 5.91 Å². The van der Waals surface area contributed by atoms with Crippen molar-refractivity contribution in [3.63, 3.8) is 0 Å². The molecule has 0 aliphatic carbocycles. The van der Waals surface area contributed by atoms with Crippen LogP contribution in [0.3, 0.4) is 0 Å². The van der Waals surface area contributed by atoms with Crippen molar-refractivity contribution in [1.82, 2.24) is 4.90 Å². The number of nitrogens with zero attached hydrogens (tertiary/aromatic N) is 1. The molecule has 1 atom stereocenters. The maximum atomic E-state index is 12.1. The Morgan fingerprint density at radius 1 is 1.21 bits per heavy atom. The van der Waals surface area contributed by atoms with E-state index in [4.69, 9.17) is 0 Å². The van der Waals surface area contributed by atoms with Crippen LogP contribution in [-0.4, -0.2) is 24.4 Å². The molecular weight excluding hydrogens is 234 g/mol. The minimum atomic E-state index is 0.190. The Kier molecular flexibility index (Phi) is 5.59. The molecule has 0 fully saturated rings. The standard InChI is InChI=1S/C17H27NO/c1-14(17(2,3)4)13-16(19)18(5)12-11-15-9-7-6-8-10-15/h6-10,14H,11-13H2,1-5H3. The molecule has 2 heteroatoms. The summed E-state index contributed by atoms with van der Waals surface area (Å²) in [4.78, 5) is 14.0. The molecule has 0 spiro atoms. The Bertz CT molecular complexity index is 391. The van der Waals surface area contributed by atoms with Gasteiger partial charge in [-0.2, -0.15) is 0 Å². The zero-order chi connectivity index (χ0) is 14.5. The summed E-state index contributed by atoms with van der Waals surface area (Å²) in [6.45, 7) is 9.52. The zero-order valence-electron chi connectivity index (χ0n) is 12.9. The molecule has 0 N–H and O–H groups in total. The number of amides is 1. The van der Waals surface area contributed by atoms with Crippen LogP contribution >= 0.6 is 0 Å². The van der Waals surface area contributed by atoms with Gasteiger partial charge in [-0.3, -0.25) is 4.79 Å². The summed E-state index contributed by atoms with van der Waals surface area (Å²) < 4.78 is 0. The largest absolute Gasteiger partial charge is 0.345 e. The summed E-state index contributed by atoms with van der Waals surface area (Å²) in [5.41, 5.74) is 1.47. The molecule has 0 aromatic heterocycles. The van der Waals surface area contributed by atoms with Crippen LogP contribution in [0.15, 0.2) is 30.3 Å². The average molecular weight is 261 g/mol. The highest BCUT2D eigenvalue weighted by molar-refractivity contribution is 5.76. The van der Waals surface area contributed by atoms with Crippen molar-refractivity contribution in [3.05, 3.63) is 35.9 Å². The third kappa shape index (κ3) is 5.46. The van der Waals surface area contributed by atoms with Gasteiger partial charge in [0.05, 0.1) is 0 Å². The van der Waals surface area contributed by atoms with Crippen molar-refractivity contribution >= 4 is 5.91 Å². The Morgan fingerprint density at radius 3 is 2.32 bits per heavy atom. The molecule has 1 unspecified atom stereocenters. The third-order valence-electron chi connectivity index (χ3n) is 3.96. The smallest absolute Gasteiger partial charge is 0.222 e. The number of carbonyl (C=O) groups is 1. The fraction of sp³-hybridized carbons (Fsp3) is 0.588. The van der Waals surface area contributed by atoms with E-state index in [2.05, 4.69) is 39.8 Å². The predicted molar refractivity (Wildman–Crippen MR) is 81.0 cm³/mol. The molecule has 2 nitrogen and oxygen atoms in total. The van der Waals surface area contributed by atoms with Crippen molar-refractivity contribution in [3.8, 4) is 0 Å². The summed E-state index contributed by atoms with van der Waals surface area (Å²) in [5.74, 6) is 0.650. The number of hydrogen-bond donors (Lipinski definition) is 0. The van der Waals surface area contributed by atoms with Crippen LogP contribution < -0.4 is 0 Å². The lowest BCUT2D eigenvalue weighted by atomic mass is 9.80. The number of rotatable bonds is 5. The van der Waals surface area contributed by atoms with Gasteiger partial charge in [-0.05, 0) is 23.3 Å². The maximum Gasteiger partial charge on any atom is 0.222 e. The van der Waals surface area contributed by atoms with Crippen LogP contribution in [0.25, 0.3) is 0 Å². The molecular formula is C17H27NO. The first-order valence-corrected chi connectivity index (χ1v) is 7.08. The second kappa shape index (κ2) is 6.74. The van der Waals surface area contributed by atoms with Crippen LogP contribution in [-0.2, 0) is 11.2 Å². The lowest BCUT2D eigenvalue weighted by Crippen LogP contribution is -2.32. The third-order valence-corrected chi connectivity index (χ3v) is 3.96. The highest BCUT2D eigenvalue weighted by Crippen LogP contribution is 2.28. The van der Waals surface area contributed by atoms with Gasteiger partial charge in [-0.15, -0.1) is 0 Å². The first-order chi connectivity index (χ1) is 8.80. The summed E-state index contributed by atoms with van der Waals surface area (Å²) in [5, 5.41) is 0. The summed E-state index contributed by atoms with van der Waals surface area (Å²) >= 11 is 0. The second-order valence-corrected chi connectivity index (χ2v) is 6.52. The van der Waals surface area contributed by atoms with Crippen molar-refractivity contribution < 1.29 is 4.79 Å². The monoisotopic (exact) mass is 261 g/mol. The van der Waals surface area contributed by atoms with E-state index in [-0.39, 0.29) is 11.3 Å². The zero-order valence-corrected chi connectivity index (χ0v) is 12.9. The van der Waals surface area contributed by atoms with Gasteiger partial charge in [0.15, 0.2) is 0 Å². The molecule has 1 aromatic carbocycles. The normalized spacial score (nSPS) is 13.1. The summed E-state index contributed by atoms with van der Waals surface area (Å²) in [6.07, 6.45) is 1.56. The molecule has 1 rings (SSSR count). The maximum absolute atomic E-state index is 12.1. The fourth-order valence-corrected chi connectivity index (χ4v) is 1.79. The lowest BCUT2D eigenvalue weighted by molar-refractivity contribution is -0.131. The molecule has 0 heterocycles. The fourth-order valence-electron chi connectivity index (χ4n) is 1.79. The molecule has 0 saturated carbocycles. The molecule has 0 bridgehead atoms. The van der Waals surface area contributed by atoms with E-state index >= 15 is 0 Å². The van der Waals surface area contributed by atoms with Gasteiger partial charge in [0.1, 0.15) is 0 Å². The number of likely N-dealkylation sites (N-methyl/N-ethyl adjacent to an activating group) is 1. The lowest BCUT2D eigenvalue weighted by Gasteiger charge is -2.28. The molecule has 19 heavy (non-hydrogen) atoms. The first kappa shape index (κ1) is 15.7. The highest BCUT2D eigenvalue weighted by atomic mass is 16.2. The molecule has 0 saturated heterocycles. The molecule has 1 amide bonds. The van der Waals surface area contributed by atoms with Gasteiger partial charge in [0.25, 0.3) is 0 Å². The van der Waals surface area contributed by atoms with Gasteiger partial charge in [0, 0.05) is 20.0 Å². The molecule has 0 radical (unpaired) electrons. The molecule has 0 aliphatic rings. The topological polar surface area (TPSA) is 20.3 Å². The van der Waals surface area contributed by atoms with E-state index in [0.717, 1.165) is 13.0 Å². The van der Waals surface area contributed by atoms with Crippen molar-refractivity contribution in [2.45, 2.75) is 40.5 Å². The van der Waals surface area contributed by atoms with E-state index in [9.17, 15) is 4.79 Å². The van der Waals surface area contributed by atoms with Gasteiger partial charge >= 0.3 is 0 Å². The van der Waals surface area contributed by atoms with Crippen LogP contribution in [0, 0.1) is 11.3 Å². The van der Waals surface area contributed by atoms with Gasteiger partial charge in [-0.1, -0.05) is 58.0 Å². The van der Waals surface area contributed by atoms with E-state index in [1.54, 1.807) is 0 Å². The first-order valence-electron chi connectivity index (χ1n) is 7.08. The van der Waals surface area contributed by atoms with E-state index < -0.39 is 0 Å². The molecule has 1 aromatic rings. The van der Waals surface area contributed by atoms with Gasteiger partial charge in [-0.25, -0.2) is 0 Å². The Balaban J connectivity index is 2.41. The summed E-state index contributed by atoms with van der Waals surface area (Å²) in [6, 6.07) is 10.3. The quantitative estimate of drug-likeness (QED) is 0.790. The van der Waals surface area contributed by atoms with Crippen LogP contribution in [0.1, 0.15) is 39.7 Å². The molecule has 106 valence electrons. The van der Waals surface area contributed by atoms with Crippen LogP contribution in [0.5, 0.6) is 0 Å². The van der Waals surface area contributed by atoms with Crippen molar-refractivity contribution in [2.24, 2.45) is 11.3 Å². The number of benzene rings is 1. The number of carbonyl (C=O) groups excluding carboxylic acids is 1. The molecule has 0 aliphatic heterocycles. The Morgan fingerprint density at radius 2 is 1.79 bits per heavy atom. The van der Waals surface area contributed by atoms with Crippen LogP contribution in [0.2, 0.25) is 0 Å². The van der Waals surface area contributed by atoms with Crippen molar-refractivity contribution in [2.75, 3.05) is 13.6 Å². The summed E-state index contributed by atoms with van der Waals surface area (Å²) in [7, 11) is 1.90. The minimum Gasteiger partial charge on any atom is -0.345 e. The van der Waals surface area contributed by atoms with Gasteiger partial charge < -0.3 is 4.90 Å². The Labute approximate surface area is 117 Å². The Hall–Kier alpha value is -1.31. The second-order valence-electron chi connectivity index (χ2n) is 6.52. The van der Waals surface area contributed by atoms with E-state index in [1.807, 2.05) is 30.1 Å². The van der Waals surface area contributed by atoms with Crippen molar-refractivity contribution in [1.29, 1.82) is 0 Å². The minimum absolute atomic E-state index is 0.190. The number of hydrogen-bond acceptors (Lipinski definition) is 1. The van der Waals surface area contributed by atoms with E-state index in [0.29, 0.717) is 12.3 Å². The predicted octanol–water partition coefficient (Wildman–Crippen LogP) is 3.76.